The van der Waals surface area contributed by atoms with Crippen molar-refractivity contribution in [1.82, 2.24) is 15.1 Å². The minimum Gasteiger partial charge on any atom is -0.481 e. The predicted molar refractivity (Wildman–Crippen MR) is 75.2 cm³/mol. The van der Waals surface area contributed by atoms with Gasteiger partial charge in [0.25, 0.3) is 0 Å². The van der Waals surface area contributed by atoms with Crippen LogP contribution in [0.25, 0.3) is 11.5 Å². The Hall–Kier alpha value is -1.66. The zero-order valence-corrected chi connectivity index (χ0v) is 12.7. The number of carbonyl (C=O) groups is 1. The molecule has 0 aromatic carbocycles. The van der Waals surface area contributed by atoms with Crippen molar-refractivity contribution >= 4 is 29.2 Å². The lowest BCUT2D eigenvalue weighted by molar-refractivity contribution is -0.139. The average molecular weight is 328 g/mol. The molecule has 8 heteroatoms. The normalized spacial score (nSPS) is 23.0. The molecule has 2 unspecified atom stereocenters. The van der Waals surface area contributed by atoms with Crippen LogP contribution in [0.2, 0.25) is 10.0 Å². The van der Waals surface area contributed by atoms with Crippen molar-refractivity contribution in [2.24, 2.45) is 11.3 Å². The molecule has 0 aliphatic heterocycles. The largest absolute Gasteiger partial charge is 0.481 e. The van der Waals surface area contributed by atoms with Gasteiger partial charge >= 0.3 is 5.97 Å². The van der Waals surface area contributed by atoms with E-state index in [2.05, 4.69) is 15.1 Å². The van der Waals surface area contributed by atoms with Crippen molar-refractivity contribution in [2.75, 3.05) is 0 Å². The third-order valence-electron chi connectivity index (χ3n) is 3.82. The smallest absolute Gasteiger partial charge is 0.307 e. The standard InChI is InChI=1S/C13H11Cl2N3O3/c1-13(2)7(8(13)12(19)20)11-17-10(18-21-11)9-6(15)3-5(14)4-16-9/h3-4,7-8H,1-2H3,(H,19,20). The number of nitrogens with zero attached hydrogens (tertiary/aromatic N) is 3. The quantitative estimate of drug-likeness (QED) is 0.930. The van der Waals surface area contributed by atoms with Gasteiger partial charge in [-0.3, -0.25) is 4.79 Å². The SMILES string of the molecule is CC1(C)C(C(=O)O)C1c1nc(-c2ncc(Cl)cc2Cl)no1. The van der Waals surface area contributed by atoms with Crippen LogP contribution in [0.5, 0.6) is 0 Å². The third kappa shape index (κ3) is 2.28. The monoisotopic (exact) mass is 327 g/mol. The van der Waals surface area contributed by atoms with Crippen molar-refractivity contribution in [3.8, 4) is 11.5 Å². The first kappa shape index (κ1) is 14.3. The van der Waals surface area contributed by atoms with Gasteiger partial charge in [0.1, 0.15) is 5.69 Å². The predicted octanol–water partition coefficient (Wildman–Crippen LogP) is 3.26. The van der Waals surface area contributed by atoms with Crippen LogP contribution in [-0.4, -0.2) is 26.2 Å². The van der Waals surface area contributed by atoms with Gasteiger partial charge in [-0.25, -0.2) is 4.98 Å². The summed E-state index contributed by atoms with van der Waals surface area (Å²) < 4.78 is 5.19. The Morgan fingerprint density at radius 1 is 1.43 bits per heavy atom. The molecule has 1 aliphatic rings. The molecule has 1 aliphatic carbocycles. The van der Waals surface area contributed by atoms with Gasteiger partial charge in [0.15, 0.2) is 0 Å². The van der Waals surface area contributed by atoms with Crippen molar-refractivity contribution in [3.63, 3.8) is 0 Å². The fraction of sp³-hybridized carbons (Fsp3) is 0.385. The number of carboxylic acid groups (broad SMARTS) is 1. The second kappa shape index (κ2) is 4.68. The van der Waals surface area contributed by atoms with E-state index < -0.39 is 17.3 Å². The van der Waals surface area contributed by atoms with Gasteiger partial charge in [0, 0.05) is 6.20 Å². The van der Waals surface area contributed by atoms with E-state index in [1.807, 2.05) is 13.8 Å². The van der Waals surface area contributed by atoms with E-state index in [-0.39, 0.29) is 17.6 Å². The molecular formula is C13H11Cl2N3O3. The van der Waals surface area contributed by atoms with E-state index in [9.17, 15) is 9.90 Å². The molecule has 1 saturated carbocycles. The van der Waals surface area contributed by atoms with Crippen molar-refractivity contribution < 1.29 is 14.4 Å². The van der Waals surface area contributed by atoms with Gasteiger partial charge in [-0.15, -0.1) is 0 Å². The molecule has 0 spiro atoms. The molecule has 1 N–H and O–H groups in total. The van der Waals surface area contributed by atoms with Crippen LogP contribution in [-0.2, 0) is 4.79 Å². The molecule has 2 atom stereocenters. The maximum absolute atomic E-state index is 11.2. The van der Waals surface area contributed by atoms with Gasteiger partial charge in [0.2, 0.25) is 11.7 Å². The molecule has 2 aromatic rings. The van der Waals surface area contributed by atoms with Crippen LogP contribution >= 0.6 is 23.2 Å². The Labute approximate surface area is 130 Å². The summed E-state index contributed by atoms with van der Waals surface area (Å²) in [6.07, 6.45) is 1.43. The van der Waals surface area contributed by atoms with E-state index in [1.54, 1.807) is 0 Å². The Balaban J connectivity index is 1.93. The number of carboxylic acids is 1. The minimum absolute atomic E-state index is 0.221. The summed E-state index contributed by atoms with van der Waals surface area (Å²) in [6, 6.07) is 1.53. The second-order valence-corrected chi connectivity index (χ2v) is 6.40. The number of hydrogen-bond acceptors (Lipinski definition) is 5. The van der Waals surface area contributed by atoms with Gasteiger partial charge < -0.3 is 9.63 Å². The van der Waals surface area contributed by atoms with E-state index in [0.29, 0.717) is 15.7 Å². The number of aromatic nitrogens is 3. The first-order valence-electron chi connectivity index (χ1n) is 6.20. The molecule has 0 radical (unpaired) electrons. The van der Waals surface area contributed by atoms with Crippen molar-refractivity contribution in [2.45, 2.75) is 19.8 Å². The van der Waals surface area contributed by atoms with Gasteiger partial charge in [-0.05, 0) is 11.5 Å². The van der Waals surface area contributed by atoms with E-state index in [4.69, 9.17) is 27.7 Å². The summed E-state index contributed by atoms with van der Waals surface area (Å²) >= 11 is 11.8. The van der Waals surface area contributed by atoms with Gasteiger partial charge in [0.05, 0.1) is 21.9 Å². The summed E-state index contributed by atoms with van der Waals surface area (Å²) in [5.41, 5.74) is -0.0613. The summed E-state index contributed by atoms with van der Waals surface area (Å²) in [4.78, 5) is 19.5. The lowest BCUT2D eigenvalue weighted by atomic mass is 10.1. The van der Waals surface area contributed by atoms with Crippen LogP contribution in [0.4, 0.5) is 0 Å². The van der Waals surface area contributed by atoms with E-state index in [0.717, 1.165) is 0 Å². The van der Waals surface area contributed by atoms with Crippen LogP contribution in [0.1, 0.15) is 25.7 Å². The van der Waals surface area contributed by atoms with Crippen LogP contribution in [0.15, 0.2) is 16.8 Å². The summed E-state index contributed by atoms with van der Waals surface area (Å²) in [7, 11) is 0. The minimum atomic E-state index is -0.868. The molecule has 21 heavy (non-hydrogen) atoms. The molecule has 3 rings (SSSR count). The van der Waals surface area contributed by atoms with Crippen LogP contribution < -0.4 is 0 Å². The van der Waals surface area contributed by atoms with Crippen molar-refractivity contribution in [3.05, 3.63) is 28.2 Å². The number of rotatable bonds is 3. The molecule has 110 valence electrons. The lowest BCUT2D eigenvalue weighted by Gasteiger charge is -1.97. The maximum Gasteiger partial charge on any atom is 0.307 e. The lowest BCUT2D eigenvalue weighted by Crippen LogP contribution is -2.03. The molecule has 0 bridgehead atoms. The average Bonchev–Trinajstić information content (AvgIpc) is 2.75. The highest BCUT2D eigenvalue weighted by atomic mass is 35.5. The topological polar surface area (TPSA) is 89.1 Å². The molecular weight excluding hydrogens is 317 g/mol. The van der Waals surface area contributed by atoms with Crippen LogP contribution in [0, 0.1) is 11.3 Å². The number of pyridine rings is 1. The zero-order valence-electron chi connectivity index (χ0n) is 11.2. The summed E-state index contributed by atoms with van der Waals surface area (Å²) in [5, 5.41) is 13.7. The highest BCUT2D eigenvalue weighted by Gasteiger charge is 2.65. The van der Waals surface area contributed by atoms with E-state index >= 15 is 0 Å². The maximum atomic E-state index is 11.2. The first-order valence-corrected chi connectivity index (χ1v) is 6.96. The van der Waals surface area contributed by atoms with Gasteiger partial charge in [-0.2, -0.15) is 4.98 Å². The van der Waals surface area contributed by atoms with Crippen molar-refractivity contribution in [1.29, 1.82) is 0 Å². The Bertz CT molecular complexity index is 729. The zero-order chi connectivity index (χ0) is 15.4. The fourth-order valence-corrected chi connectivity index (χ4v) is 3.06. The highest BCUT2D eigenvalue weighted by molar-refractivity contribution is 6.35. The highest BCUT2D eigenvalue weighted by Crippen LogP contribution is 2.64. The van der Waals surface area contributed by atoms with Gasteiger partial charge in [-0.1, -0.05) is 42.2 Å². The Kier molecular flexibility index (Phi) is 3.18. The first-order chi connectivity index (χ1) is 9.82. The molecule has 0 saturated heterocycles. The number of hydrogen-bond donors (Lipinski definition) is 1. The number of aliphatic carboxylic acids is 1. The molecule has 0 amide bonds. The van der Waals surface area contributed by atoms with E-state index in [1.165, 1.54) is 12.3 Å². The fourth-order valence-electron chi connectivity index (χ4n) is 2.60. The summed E-state index contributed by atoms with van der Waals surface area (Å²) in [6.45, 7) is 3.71. The summed E-state index contributed by atoms with van der Waals surface area (Å²) in [5.74, 6) is -1.19. The molecule has 2 heterocycles. The Morgan fingerprint density at radius 2 is 2.14 bits per heavy atom. The van der Waals surface area contributed by atoms with Crippen LogP contribution in [0.3, 0.4) is 0 Å². The number of halogens is 2. The second-order valence-electron chi connectivity index (χ2n) is 5.56. The third-order valence-corrected chi connectivity index (χ3v) is 4.32. The molecule has 2 aromatic heterocycles. The molecule has 1 fully saturated rings. The Morgan fingerprint density at radius 3 is 2.71 bits per heavy atom. The molecule has 6 nitrogen and oxygen atoms in total.